The number of methoxy groups -OCH3 is 2. The molecule has 0 aliphatic rings. The Hall–Kier alpha value is -4.26. The first-order chi connectivity index (χ1) is 16.4. The normalized spacial score (nSPS) is 11.3. The standard InChI is InChI=1S/C27H25N3O4/c1-17-7-5-6-8-18(17)16-29-24-22-15-21(34-4)13-14-23(22)28(2)25(24)26(31)30(27(29)32)19-9-11-20(33-3)12-10-19/h5-15H,16H2,1-4H3. The van der Waals surface area contributed by atoms with Crippen molar-refractivity contribution in [3.8, 4) is 17.2 Å². The van der Waals surface area contributed by atoms with Crippen LogP contribution in [0.2, 0.25) is 0 Å². The van der Waals surface area contributed by atoms with E-state index in [0.29, 0.717) is 34.8 Å². The number of ether oxygens (including phenoxy) is 2. The van der Waals surface area contributed by atoms with Gasteiger partial charge in [0.2, 0.25) is 0 Å². The molecule has 2 heterocycles. The molecule has 0 atom stereocenters. The van der Waals surface area contributed by atoms with Crippen molar-refractivity contribution in [2.24, 2.45) is 7.05 Å². The smallest absolute Gasteiger partial charge is 0.336 e. The van der Waals surface area contributed by atoms with Gasteiger partial charge in [-0.05, 0) is 60.5 Å². The number of fused-ring (bicyclic) bond motifs is 3. The zero-order valence-corrected chi connectivity index (χ0v) is 19.5. The summed E-state index contributed by atoms with van der Waals surface area (Å²) in [5.41, 5.74) is 3.68. The molecule has 2 aromatic heterocycles. The van der Waals surface area contributed by atoms with Crippen molar-refractivity contribution in [2.75, 3.05) is 14.2 Å². The zero-order valence-electron chi connectivity index (χ0n) is 19.5. The minimum atomic E-state index is -0.402. The number of aryl methyl sites for hydroxylation is 2. The number of hydrogen-bond acceptors (Lipinski definition) is 4. The molecule has 0 amide bonds. The highest BCUT2D eigenvalue weighted by Crippen LogP contribution is 2.29. The Morgan fingerprint density at radius 3 is 2.18 bits per heavy atom. The Balaban J connectivity index is 1.92. The van der Waals surface area contributed by atoms with Gasteiger partial charge in [-0.15, -0.1) is 0 Å². The Labute approximate surface area is 196 Å². The molecule has 0 bridgehead atoms. The van der Waals surface area contributed by atoms with Gasteiger partial charge in [-0.1, -0.05) is 24.3 Å². The molecule has 3 aromatic carbocycles. The molecule has 0 aliphatic heterocycles. The van der Waals surface area contributed by atoms with Crippen molar-refractivity contribution in [2.45, 2.75) is 13.5 Å². The average Bonchev–Trinajstić information content (AvgIpc) is 3.15. The zero-order chi connectivity index (χ0) is 24.0. The molecule has 0 N–H and O–H groups in total. The van der Waals surface area contributed by atoms with E-state index in [1.165, 1.54) is 4.57 Å². The molecule has 0 spiro atoms. The van der Waals surface area contributed by atoms with E-state index in [1.54, 1.807) is 43.1 Å². The van der Waals surface area contributed by atoms with Crippen LogP contribution in [0.3, 0.4) is 0 Å². The summed E-state index contributed by atoms with van der Waals surface area (Å²) < 4.78 is 15.5. The fourth-order valence-corrected chi connectivity index (χ4v) is 4.52. The van der Waals surface area contributed by atoms with Crippen LogP contribution in [-0.4, -0.2) is 27.9 Å². The fourth-order valence-electron chi connectivity index (χ4n) is 4.52. The van der Waals surface area contributed by atoms with Crippen LogP contribution < -0.4 is 20.7 Å². The average molecular weight is 456 g/mol. The van der Waals surface area contributed by atoms with E-state index >= 15 is 0 Å². The molecule has 5 aromatic rings. The van der Waals surface area contributed by atoms with E-state index in [0.717, 1.165) is 22.0 Å². The quantitative estimate of drug-likeness (QED) is 0.402. The monoisotopic (exact) mass is 455 g/mol. The maximum atomic E-state index is 13.9. The highest BCUT2D eigenvalue weighted by atomic mass is 16.5. The molecule has 5 rings (SSSR count). The van der Waals surface area contributed by atoms with Gasteiger partial charge in [0.25, 0.3) is 5.56 Å². The van der Waals surface area contributed by atoms with Gasteiger partial charge in [0, 0.05) is 12.4 Å². The summed E-state index contributed by atoms with van der Waals surface area (Å²) in [7, 11) is 5.02. The topological polar surface area (TPSA) is 67.4 Å². The van der Waals surface area contributed by atoms with E-state index in [-0.39, 0.29) is 5.56 Å². The minimum Gasteiger partial charge on any atom is -0.497 e. The summed E-state index contributed by atoms with van der Waals surface area (Å²) in [4.78, 5) is 27.7. The van der Waals surface area contributed by atoms with Crippen LogP contribution in [0.1, 0.15) is 11.1 Å². The molecule has 0 saturated carbocycles. The third kappa shape index (κ3) is 3.28. The SMILES string of the molecule is COc1ccc(-n2c(=O)c3c(c4cc(OC)ccc4n3C)n(Cc3ccccc3C)c2=O)cc1. The summed E-state index contributed by atoms with van der Waals surface area (Å²) >= 11 is 0. The molecule has 0 aliphatic carbocycles. The van der Waals surface area contributed by atoms with Crippen LogP contribution in [-0.2, 0) is 13.6 Å². The van der Waals surface area contributed by atoms with E-state index < -0.39 is 5.69 Å². The lowest BCUT2D eigenvalue weighted by Gasteiger charge is -2.15. The van der Waals surface area contributed by atoms with Crippen LogP contribution in [0.5, 0.6) is 11.5 Å². The third-order valence-electron chi connectivity index (χ3n) is 6.40. The predicted octanol–water partition coefficient (Wildman–Crippen LogP) is 4.02. The molecule has 34 heavy (non-hydrogen) atoms. The molecule has 0 saturated heterocycles. The Bertz CT molecular complexity index is 1660. The van der Waals surface area contributed by atoms with Gasteiger partial charge in [0.15, 0.2) is 0 Å². The minimum absolute atomic E-state index is 0.328. The van der Waals surface area contributed by atoms with E-state index in [2.05, 4.69) is 0 Å². The summed E-state index contributed by atoms with van der Waals surface area (Å²) in [6, 6.07) is 20.5. The van der Waals surface area contributed by atoms with Crippen molar-refractivity contribution < 1.29 is 9.47 Å². The summed E-state index contributed by atoms with van der Waals surface area (Å²) in [5, 5.41) is 0.793. The molecule has 0 unspecified atom stereocenters. The lowest BCUT2D eigenvalue weighted by molar-refractivity contribution is 0.414. The first kappa shape index (κ1) is 21.6. The van der Waals surface area contributed by atoms with Crippen molar-refractivity contribution >= 4 is 21.9 Å². The van der Waals surface area contributed by atoms with Crippen LogP contribution in [0.4, 0.5) is 0 Å². The third-order valence-corrected chi connectivity index (χ3v) is 6.40. The highest BCUT2D eigenvalue weighted by molar-refractivity contribution is 6.06. The van der Waals surface area contributed by atoms with Crippen molar-refractivity contribution in [3.63, 3.8) is 0 Å². The van der Waals surface area contributed by atoms with Crippen molar-refractivity contribution in [1.29, 1.82) is 0 Å². The van der Waals surface area contributed by atoms with Gasteiger partial charge in [0.05, 0.1) is 37.5 Å². The van der Waals surface area contributed by atoms with E-state index in [4.69, 9.17) is 9.47 Å². The molecule has 7 heteroatoms. The van der Waals surface area contributed by atoms with Crippen molar-refractivity contribution in [1.82, 2.24) is 13.7 Å². The Kier molecular flexibility index (Phi) is 5.24. The van der Waals surface area contributed by atoms with Crippen LogP contribution in [0.25, 0.3) is 27.6 Å². The first-order valence-electron chi connectivity index (χ1n) is 11.0. The largest absolute Gasteiger partial charge is 0.497 e. The van der Waals surface area contributed by atoms with Gasteiger partial charge < -0.3 is 14.0 Å². The van der Waals surface area contributed by atoms with Crippen molar-refractivity contribution in [3.05, 3.63) is 98.7 Å². The number of rotatable bonds is 5. The molecular weight excluding hydrogens is 430 g/mol. The Morgan fingerprint density at radius 2 is 1.50 bits per heavy atom. The summed E-state index contributed by atoms with van der Waals surface area (Å²) in [6.45, 7) is 2.35. The van der Waals surface area contributed by atoms with E-state index in [1.807, 2.05) is 61.0 Å². The second-order valence-corrected chi connectivity index (χ2v) is 8.27. The maximum absolute atomic E-state index is 13.9. The molecule has 172 valence electrons. The number of aromatic nitrogens is 3. The number of hydrogen-bond donors (Lipinski definition) is 0. The molecule has 7 nitrogen and oxygen atoms in total. The van der Waals surface area contributed by atoms with Gasteiger partial charge in [-0.2, -0.15) is 0 Å². The van der Waals surface area contributed by atoms with Gasteiger partial charge >= 0.3 is 5.69 Å². The second kappa shape index (κ2) is 8.26. The molecule has 0 fully saturated rings. The van der Waals surface area contributed by atoms with Crippen LogP contribution >= 0.6 is 0 Å². The lowest BCUT2D eigenvalue weighted by Crippen LogP contribution is -2.39. The van der Waals surface area contributed by atoms with E-state index in [9.17, 15) is 9.59 Å². The highest BCUT2D eigenvalue weighted by Gasteiger charge is 2.22. The summed E-state index contributed by atoms with van der Waals surface area (Å²) in [6.07, 6.45) is 0. The second-order valence-electron chi connectivity index (χ2n) is 8.27. The summed E-state index contributed by atoms with van der Waals surface area (Å²) in [5.74, 6) is 1.31. The maximum Gasteiger partial charge on any atom is 0.336 e. The van der Waals surface area contributed by atoms with Crippen LogP contribution in [0.15, 0.2) is 76.3 Å². The van der Waals surface area contributed by atoms with Gasteiger partial charge in [-0.25, -0.2) is 9.36 Å². The molecular formula is C27H25N3O4. The lowest BCUT2D eigenvalue weighted by atomic mass is 10.1. The van der Waals surface area contributed by atoms with Gasteiger partial charge in [-0.3, -0.25) is 9.36 Å². The van der Waals surface area contributed by atoms with Crippen LogP contribution in [0, 0.1) is 6.92 Å². The predicted molar refractivity (Wildman–Crippen MR) is 134 cm³/mol. The molecule has 0 radical (unpaired) electrons. The Morgan fingerprint density at radius 1 is 0.824 bits per heavy atom. The van der Waals surface area contributed by atoms with Gasteiger partial charge in [0.1, 0.15) is 17.0 Å². The number of benzene rings is 3. The number of nitrogens with zero attached hydrogens (tertiary/aromatic N) is 3. The fraction of sp³-hybridized carbons (Fsp3) is 0.185. The first-order valence-corrected chi connectivity index (χ1v) is 11.0.